The summed E-state index contributed by atoms with van der Waals surface area (Å²) in [5.41, 5.74) is -4.75. The number of rotatable bonds is 10. The number of nitrogens with one attached hydrogen (secondary N) is 1. The molecule has 2 saturated carbocycles. The van der Waals surface area contributed by atoms with Crippen LogP contribution in [-0.2, 0) is 22.0 Å². The average molecular weight is 684 g/mol. The van der Waals surface area contributed by atoms with Gasteiger partial charge in [-0.3, -0.25) is 9.59 Å². The smallest absolute Gasteiger partial charge is 0.424 e. The number of carbonyl (C=O) groups is 2. The lowest BCUT2D eigenvalue weighted by atomic mass is 9.81. The maximum Gasteiger partial charge on any atom is 0.424 e. The number of hydrogen-bond donors (Lipinski definition) is 3. The molecule has 3 aromatic rings. The zero-order valence-electron chi connectivity index (χ0n) is 25.1. The van der Waals surface area contributed by atoms with Crippen LogP contribution < -0.4 is 25.3 Å². The van der Waals surface area contributed by atoms with Gasteiger partial charge < -0.3 is 30.4 Å². The Morgan fingerprint density at radius 3 is 2.23 bits per heavy atom. The quantitative estimate of drug-likeness (QED) is 0.247. The number of halogens is 7. The van der Waals surface area contributed by atoms with Crippen molar-refractivity contribution in [2.45, 2.75) is 68.2 Å². The number of aliphatic hydroxyl groups is 1. The summed E-state index contributed by atoms with van der Waals surface area (Å²) in [7, 11) is 0. The first-order valence-electron chi connectivity index (χ1n) is 14.8. The molecule has 1 unspecified atom stereocenters. The number of amides is 2. The first-order valence-corrected chi connectivity index (χ1v) is 14.8. The Labute approximate surface area is 268 Å². The van der Waals surface area contributed by atoms with Crippen molar-refractivity contribution in [1.82, 2.24) is 10.3 Å². The van der Waals surface area contributed by atoms with Crippen molar-refractivity contribution in [3.8, 4) is 28.5 Å². The minimum absolute atomic E-state index is 0.00508. The molecule has 2 heterocycles. The predicted molar refractivity (Wildman–Crippen MR) is 153 cm³/mol. The van der Waals surface area contributed by atoms with Crippen molar-refractivity contribution in [2.24, 2.45) is 5.73 Å². The van der Waals surface area contributed by atoms with Crippen LogP contribution in [0.3, 0.4) is 0 Å². The first kappa shape index (κ1) is 33.3. The molecule has 2 fully saturated rings. The lowest BCUT2D eigenvalue weighted by Gasteiger charge is -2.31. The van der Waals surface area contributed by atoms with E-state index in [0.29, 0.717) is 23.9 Å². The fourth-order valence-corrected chi connectivity index (χ4v) is 5.10. The van der Waals surface area contributed by atoms with E-state index in [2.05, 4.69) is 10.3 Å². The Morgan fingerprint density at radius 1 is 1.00 bits per heavy atom. The second-order valence-corrected chi connectivity index (χ2v) is 12.2. The molecule has 9 nitrogen and oxygen atoms in total. The summed E-state index contributed by atoms with van der Waals surface area (Å²) in [5, 5.41) is 13.3. The number of pyridine rings is 1. The largest absolute Gasteiger partial charge is 0.489 e. The van der Waals surface area contributed by atoms with Crippen LogP contribution in [-0.4, -0.2) is 53.4 Å². The van der Waals surface area contributed by atoms with Crippen LogP contribution in [0.25, 0.3) is 11.3 Å². The summed E-state index contributed by atoms with van der Waals surface area (Å²) < 4.78 is 116. The number of primary amides is 1. The summed E-state index contributed by atoms with van der Waals surface area (Å²) in [5.74, 6) is -3.52. The molecule has 0 bridgehead atoms. The van der Waals surface area contributed by atoms with Gasteiger partial charge in [-0.05, 0) is 75.1 Å². The number of carbonyl (C=O) groups excluding carboxylic acids is 2. The number of fused-ring (bicyclic) bond motifs is 1. The van der Waals surface area contributed by atoms with E-state index in [4.69, 9.17) is 19.9 Å². The van der Waals surface area contributed by atoms with Gasteiger partial charge in [0.2, 0.25) is 11.5 Å². The van der Waals surface area contributed by atoms with E-state index in [1.165, 1.54) is 25.1 Å². The molecular formula is C32H28F7N3O6. The van der Waals surface area contributed by atoms with E-state index in [0.717, 1.165) is 31.7 Å². The molecule has 2 amide bonds. The molecule has 1 aromatic heterocycles. The topological polar surface area (TPSA) is 133 Å². The molecule has 3 aliphatic rings. The Kier molecular flexibility index (Phi) is 8.00. The minimum Gasteiger partial charge on any atom is -0.489 e. The number of aromatic nitrogens is 1. The molecule has 0 radical (unpaired) electrons. The van der Waals surface area contributed by atoms with E-state index in [9.17, 15) is 45.4 Å². The molecule has 0 spiro atoms. The number of hydrogen-bond acceptors (Lipinski definition) is 7. The molecular weight excluding hydrogens is 655 g/mol. The molecule has 1 aliphatic heterocycles. The molecule has 16 heteroatoms. The zero-order chi connectivity index (χ0) is 34.8. The standard InChI is InChI=1S/C32H28F7N3O6/c1-29(28(40)44)14-46-26-20(29)12-24(42-25(26)15-2-8-21(33)19(10-15)31(34,35)36)30(45,32(37,38)39)13-41-27(43)16-3-9-22(47-17-4-5-17)23(11-16)48-18-6-7-18/h2-3,8-12,17-18,45H,4-7,13-14H2,1H3,(H2,40,44)(H,41,43)/t29-,30?/m0/s1. The van der Waals surface area contributed by atoms with Gasteiger partial charge in [-0.15, -0.1) is 0 Å². The number of benzene rings is 2. The Hall–Kier alpha value is -4.60. The summed E-state index contributed by atoms with van der Waals surface area (Å²) in [4.78, 5) is 29.4. The van der Waals surface area contributed by atoms with Gasteiger partial charge in [0.1, 0.15) is 29.3 Å². The van der Waals surface area contributed by atoms with Crippen molar-refractivity contribution in [3.63, 3.8) is 0 Å². The summed E-state index contributed by atoms with van der Waals surface area (Å²) in [6, 6.07) is 6.37. The number of ether oxygens (including phenoxy) is 3. The summed E-state index contributed by atoms with van der Waals surface area (Å²) in [6.45, 7) is -0.798. The van der Waals surface area contributed by atoms with Crippen LogP contribution >= 0.6 is 0 Å². The van der Waals surface area contributed by atoms with Crippen LogP contribution in [0.5, 0.6) is 17.2 Å². The molecule has 48 heavy (non-hydrogen) atoms. The normalized spacial score (nSPS) is 20.4. The lowest BCUT2D eigenvalue weighted by Crippen LogP contribution is -2.51. The monoisotopic (exact) mass is 683 g/mol. The summed E-state index contributed by atoms with van der Waals surface area (Å²) in [6.07, 6.45) is -7.58. The third kappa shape index (κ3) is 6.20. The molecule has 6 rings (SSSR count). The average Bonchev–Trinajstić information content (AvgIpc) is 3.95. The van der Waals surface area contributed by atoms with E-state index < -0.39 is 76.7 Å². The molecule has 4 N–H and O–H groups in total. The maximum atomic E-state index is 14.7. The van der Waals surface area contributed by atoms with Gasteiger partial charge in [-0.1, -0.05) is 0 Å². The molecule has 0 saturated heterocycles. The summed E-state index contributed by atoms with van der Waals surface area (Å²) >= 11 is 0. The molecule has 2 aliphatic carbocycles. The van der Waals surface area contributed by atoms with Gasteiger partial charge in [-0.2, -0.15) is 26.3 Å². The molecule has 2 atom stereocenters. The van der Waals surface area contributed by atoms with Gasteiger partial charge in [0.05, 0.1) is 30.0 Å². The van der Waals surface area contributed by atoms with E-state index in [1.54, 1.807) is 0 Å². The van der Waals surface area contributed by atoms with Crippen molar-refractivity contribution in [2.75, 3.05) is 13.2 Å². The Balaban J connectivity index is 1.39. The van der Waals surface area contributed by atoms with Crippen LogP contribution in [0, 0.1) is 5.82 Å². The minimum atomic E-state index is -5.54. The van der Waals surface area contributed by atoms with E-state index >= 15 is 0 Å². The highest BCUT2D eigenvalue weighted by atomic mass is 19.4. The van der Waals surface area contributed by atoms with Crippen LogP contribution in [0.4, 0.5) is 30.7 Å². The molecule has 2 aromatic carbocycles. The van der Waals surface area contributed by atoms with Crippen molar-refractivity contribution in [1.29, 1.82) is 0 Å². The maximum absolute atomic E-state index is 14.7. The van der Waals surface area contributed by atoms with Gasteiger partial charge in [-0.25, -0.2) is 9.37 Å². The van der Waals surface area contributed by atoms with Crippen LogP contribution in [0.15, 0.2) is 42.5 Å². The van der Waals surface area contributed by atoms with E-state index in [1.807, 2.05) is 0 Å². The van der Waals surface area contributed by atoms with Crippen LogP contribution in [0.2, 0.25) is 0 Å². The lowest BCUT2D eigenvalue weighted by molar-refractivity contribution is -0.265. The van der Waals surface area contributed by atoms with Crippen molar-refractivity contribution >= 4 is 11.8 Å². The molecule has 256 valence electrons. The number of nitrogens with zero attached hydrogens (tertiary/aromatic N) is 1. The second-order valence-electron chi connectivity index (χ2n) is 12.2. The number of nitrogens with two attached hydrogens (primary N) is 1. The van der Waals surface area contributed by atoms with Crippen molar-refractivity contribution in [3.05, 3.63) is 70.7 Å². The highest BCUT2D eigenvalue weighted by molar-refractivity contribution is 5.95. The predicted octanol–water partition coefficient (Wildman–Crippen LogP) is 5.30. The van der Waals surface area contributed by atoms with Gasteiger partial charge in [0.25, 0.3) is 5.91 Å². The number of alkyl halides is 6. The third-order valence-electron chi connectivity index (χ3n) is 8.40. The highest BCUT2D eigenvalue weighted by Gasteiger charge is 2.58. The Bertz CT molecular complexity index is 1790. The third-order valence-corrected chi connectivity index (χ3v) is 8.40. The van der Waals surface area contributed by atoms with Gasteiger partial charge in [0.15, 0.2) is 11.5 Å². The van der Waals surface area contributed by atoms with E-state index in [-0.39, 0.29) is 34.8 Å². The fourth-order valence-electron chi connectivity index (χ4n) is 5.10. The first-order chi connectivity index (χ1) is 22.4. The Morgan fingerprint density at radius 2 is 1.65 bits per heavy atom. The van der Waals surface area contributed by atoms with Crippen molar-refractivity contribution < 1.29 is 59.6 Å². The SMILES string of the molecule is C[C@]1(C(N)=O)COc2c1cc(C(O)(CNC(=O)c1ccc(OC3CC3)c(OC3CC3)c1)C(F)(F)F)nc2-c1ccc(F)c(C(F)(F)F)c1. The van der Waals surface area contributed by atoms with Gasteiger partial charge in [0, 0.05) is 16.7 Å². The van der Waals surface area contributed by atoms with Crippen LogP contribution in [0.1, 0.15) is 59.8 Å². The second kappa shape index (κ2) is 11.5. The van der Waals surface area contributed by atoms with Gasteiger partial charge >= 0.3 is 12.4 Å². The fraction of sp³-hybridized carbons (Fsp3) is 0.406. The zero-order valence-corrected chi connectivity index (χ0v) is 25.1. The highest BCUT2D eigenvalue weighted by Crippen LogP contribution is 2.48.